The monoisotopic (exact) mass is 433 g/mol. The molecule has 1 aliphatic heterocycles. The quantitative estimate of drug-likeness (QED) is 0.518. The van der Waals surface area contributed by atoms with Crippen LogP contribution < -0.4 is 10.1 Å². The molecule has 0 bridgehead atoms. The van der Waals surface area contributed by atoms with Crippen LogP contribution in [0, 0.1) is 12.7 Å². The van der Waals surface area contributed by atoms with Gasteiger partial charge in [-0.15, -0.1) is 5.10 Å². The molecule has 9 heteroatoms. The third-order valence-electron chi connectivity index (χ3n) is 5.57. The zero-order chi connectivity index (χ0) is 22.2. The number of imidazole rings is 1. The lowest BCUT2D eigenvalue weighted by Crippen LogP contribution is -2.36. The Labute approximate surface area is 185 Å². The molecule has 3 heterocycles. The Balaban J connectivity index is 1.43. The van der Waals surface area contributed by atoms with Gasteiger partial charge in [0.25, 0.3) is 0 Å². The van der Waals surface area contributed by atoms with Gasteiger partial charge in [-0.1, -0.05) is 12.1 Å². The van der Waals surface area contributed by atoms with Crippen molar-refractivity contribution < 1.29 is 9.13 Å². The van der Waals surface area contributed by atoms with E-state index in [4.69, 9.17) is 14.8 Å². The van der Waals surface area contributed by atoms with Gasteiger partial charge in [0.05, 0.1) is 37.4 Å². The van der Waals surface area contributed by atoms with E-state index in [9.17, 15) is 4.39 Å². The Morgan fingerprint density at radius 1 is 1.16 bits per heavy atom. The highest BCUT2D eigenvalue weighted by molar-refractivity contribution is 5.62. The van der Waals surface area contributed by atoms with E-state index in [1.807, 2.05) is 47.6 Å². The van der Waals surface area contributed by atoms with Crippen LogP contribution in [-0.2, 0) is 6.54 Å². The minimum atomic E-state index is -0.248. The Bertz CT molecular complexity index is 1250. The van der Waals surface area contributed by atoms with Crippen molar-refractivity contribution in [2.45, 2.75) is 19.5 Å². The summed E-state index contributed by atoms with van der Waals surface area (Å²) in [5.74, 6) is 1.83. The standard InChI is InChI=1S/C23H24FN7O/c1-15-11-30(14-25-15)19-9-8-18(10-21(19)32-3)26-23-27-22-13-29(2)12-20(31(22)28-23)16-4-6-17(24)7-5-16/h4-11,14,20H,12-13H2,1-3H3,(H,26,28). The molecule has 0 saturated heterocycles. The van der Waals surface area contributed by atoms with E-state index < -0.39 is 0 Å². The number of nitrogens with zero attached hydrogens (tertiary/aromatic N) is 6. The van der Waals surface area contributed by atoms with Crippen LogP contribution in [0.4, 0.5) is 16.0 Å². The van der Waals surface area contributed by atoms with Crippen LogP contribution in [-0.4, -0.2) is 49.9 Å². The van der Waals surface area contributed by atoms with E-state index in [0.717, 1.165) is 35.0 Å². The Hall–Kier alpha value is -3.72. The average molecular weight is 433 g/mol. The average Bonchev–Trinajstić information content (AvgIpc) is 3.39. The van der Waals surface area contributed by atoms with E-state index in [2.05, 4.69) is 15.2 Å². The van der Waals surface area contributed by atoms with E-state index in [0.29, 0.717) is 18.2 Å². The lowest BCUT2D eigenvalue weighted by atomic mass is 10.1. The van der Waals surface area contributed by atoms with Gasteiger partial charge < -0.3 is 14.6 Å². The number of hydrogen-bond donors (Lipinski definition) is 1. The molecule has 32 heavy (non-hydrogen) atoms. The van der Waals surface area contributed by atoms with Crippen LogP contribution in [0.1, 0.15) is 23.1 Å². The largest absolute Gasteiger partial charge is 0.494 e. The second kappa shape index (κ2) is 8.08. The van der Waals surface area contributed by atoms with Crippen molar-refractivity contribution in [1.82, 2.24) is 29.2 Å². The summed E-state index contributed by atoms with van der Waals surface area (Å²) in [4.78, 5) is 11.2. The molecule has 0 saturated carbocycles. The van der Waals surface area contributed by atoms with Crippen molar-refractivity contribution in [1.29, 1.82) is 0 Å². The predicted octanol–water partition coefficient (Wildman–Crippen LogP) is 3.70. The van der Waals surface area contributed by atoms with Crippen LogP contribution in [0.2, 0.25) is 0 Å². The smallest absolute Gasteiger partial charge is 0.246 e. The number of methoxy groups -OCH3 is 1. The molecule has 2 aromatic carbocycles. The summed E-state index contributed by atoms with van der Waals surface area (Å²) < 4.78 is 22.8. The summed E-state index contributed by atoms with van der Waals surface area (Å²) in [5.41, 5.74) is 3.64. The molecule has 0 radical (unpaired) electrons. The maximum absolute atomic E-state index is 13.4. The number of likely N-dealkylation sites (N-methyl/N-ethyl adjacent to an activating group) is 1. The van der Waals surface area contributed by atoms with Gasteiger partial charge in [0.15, 0.2) is 0 Å². The number of fused-ring (bicyclic) bond motifs is 1. The Kier molecular flexibility index (Phi) is 5.10. The highest BCUT2D eigenvalue weighted by Crippen LogP contribution is 2.30. The SMILES string of the molecule is COc1cc(Nc2nc3n(n2)C(c2ccc(F)cc2)CN(C)C3)ccc1-n1cnc(C)c1. The Morgan fingerprint density at radius 3 is 2.69 bits per heavy atom. The zero-order valence-electron chi connectivity index (χ0n) is 18.2. The fraction of sp³-hybridized carbons (Fsp3) is 0.261. The van der Waals surface area contributed by atoms with Gasteiger partial charge in [-0.3, -0.25) is 4.90 Å². The molecule has 0 amide bonds. The number of benzene rings is 2. The summed E-state index contributed by atoms with van der Waals surface area (Å²) in [6.07, 6.45) is 3.71. The maximum Gasteiger partial charge on any atom is 0.246 e. The van der Waals surface area contributed by atoms with Gasteiger partial charge in [0, 0.05) is 24.5 Å². The van der Waals surface area contributed by atoms with Crippen molar-refractivity contribution in [2.24, 2.45) is 0 Å². The third-order valence-corrected chi connectivity index (χ3v) is 5.57. The minimum Gasteiger partial charge on any atom is -0.494 e. The first kappa shape index (κ1) is 20.2. The molecule has 0 fully saturated rings. The molecule has 4 aromatic rings. The minimum absolute atomic E-state index is 0.0335. The van der Waals surface area contributed by atoms with Crippen LogP contribution >= 0.6 is 0 Å². The van der Waals surface area contributed by atoms with Gasteiger partial charge >= 0.3 is 0 Å². The summed E-state index contributed by atoms with van der Waals surface area (Å²) in [6.45, 7) is 3.41. The molecule has 0 spiro atoms. The van der Waals surface area contributed by atoms with Crippen LogP contribution in [0.3, 0.4) is 0 Å². The molecule has 2 aromatic heterocycles. The second-order valence-electron chi connectivity index (χ2n) is 7.99. The second-order valence-corrected chi connectivity index (χ2v) is 7.99. The van der Waals surface area contributed by atoms with Crippen LogP contribution in [0.15, 0.2) is 55.0 Å². The Morgan fingerprint density at radius 2 is 1.97 bits per heavy atom. The summed E-state index contributed by atoms with van der Waals surface area (Å²) in [6, 6.07) is 12.4. The van der Waals surface area contributed by atoms with Crippen molar-refractivity contribution in [3.8, 4) is 11.4 Å². The van der Waals surface area contributed by atoms with E-state index in [-0.39, 0.29) is 11.9 Å². The van der Waals surface area contributed by atoms with Gasteiger partial charge in [-0.05, 0) is 43.8 Å². The number of ether oxygens (including phenoxy) is 1. The number of aryl methyl sites for hydroxylation is 1. The predicted molar refractivity (Wildman–Crippen MR) is 119 cm³/mol. The van der Waals surface area contributed by atoms with E-state index >= 15 is 0 Å². The van der Waals surface area contributed by atoms with Gasteiger partial charge in [-0.2, -0.15) is 4.98 Å². The van der Waals surface area contributed by atoms with Crippen molar-refractivity contribution in [3.63, 3.8) is 0 Å². The molecule has 8 nitrogen and oxygen atoms in total. The topological polar surface area (TPSA) is 73.0 Å². The summed E-state index contributed by atoms with van der Waals surface area (Å²) >= 11 is 0. The molecule has 1 atom stereocenters. The molecule has 1 N–H and O–H groups in total. The third kappa shape index (κ3) is 3.82. The first-order valence-corrected chi connectivity index (χ1v) is 10.4. The summed E-state index contributed by atoms with van der Waals surface area (Å²) in [5, 5.41) is 8.01. The first-order chi connectivity index (χ1) is 15.5. The fourth-order valence-corrected chi connectivity index (χ4v) is 4.03. The molecule has 1 aliphatic rings. The van der Waals surface area contributed by atoms with Crippen molar-refractivity contribution in [3.05, 3.63) is 77.9 Å². The molecule has 1 unspecified atom stereocenters. The number of anilines is 2. The number of hydrogen-bond acceptors (Lipinski definition) is 6. The molecule has 0 aliphatic carbocycles. The van der Waals surface area contributed by atoms with Gasteiger partial charge in [0.2, 0.25) is 5.95 Å². The normalized spacial score (nSPS) is 16.1. The van der Waals surface area contributed by atoms with Crippen molar-refractivity contribution in [2.75, 3.05) is 26.0 Å². The number of rotatable bonds is 5. The van der Waals surface area contributed by atoms with Crippen LogP contribution in [0.25, 0.3) is 5.69 Å². The van der Waals surface area contributed by atoms with E-state index in [1.165, 1.54) is 12.1 Å². The molecular formula is C23H24FN7O. The molecule has 164 valence electrons. The van der Waals surface area contributed by atoms with Gasteiger partial charge in [-0.25, -0.2) is 14.1 Å². The first-order valence-electron chi connectivity index (χ1n) is 10.4. The number of nitrogens with one attached hydrogen (secondary N) is 1. The summed E-state index contributed by atoms with van der Waals surface area (Å²) in [7, 11) is 3.69. The van der Waals surface area contributed by atoms with Crippen LogP contribution in [0.5, 0.6) is 5.75 Å². The molecular weight excluding hydrogens is 409 g/mol. The molecule has 5 rings (SSSR count). The highest BCUT2D eigenvalue weighted by atomic mass is 19.1. The fourth-order valence-electron chi connectivity index (χ4n) is 4.03. The number of halogens is 1. The van der Waals surface area contributed by atoms with Gasteiger partial charge in [0.1, 0.15) is 17.4 Å². The number of aromatic nitrogens is 5. The van der Waals surface area contributed by atoms with Crippen molar-refractivity contribution >= 4 is 11.6 Å². The lowest BCUT2D eigenvalue weighted by molar-refractivity contribution is 0.227. The zero-order valence-corrected chi connectivity index (χ0v) is 18.2. The maximum atomic E-state index is 13.4. The lowest BCUT2D eigenvalue weighted by Gasteiger charge is -2.30. The highest BCUT2D eigenvalue weighted by Gasteiger charge is 2.27. The van der Waals surface area contributed by atoms with E-state index in [1.54, 1.807) is 25.6 Å².